The van der Waals surface area contributed by atoms with Crippen molar-refractivity contribution in [1.82, 2.24) is 0 Å². The fourth-order valence-electron chi connectivity index (χ4n) is 3.07. The average molecular weight is 282 g/mol. The Hall–Kier alpha value is -1.47. The van der Waals surface area contributed by atoms with Crippen molar-refractivity contribution < 1.29 is 0 Å². The van der Waals surface area contributed by atoms with E-state index in [9.17, 15) is 0 Å². The van der Waals surface area contributed by atoms with Crippen molar-refractivity contribution in [1.29, 1.82) is 0 Å². The van der Waals surface area contributed by atoms with E-state index in [1.807, 2.05) is 0 Å². The summed E-state index contributed by atoms with van der Waals surface area (Å²) in [7, 11) is -0.949. The standard InChI is InChI=1S/C19H22S/c1-20(17-11-5-2-6-12-17,18-13-7-3-8-14-18)19-15-9-4-10-16-19/h2-9,11-13,15,18H,10,14,16H2,1H3. The minimum absolute atomic E-state index is 0.632. The molecule has 0 aliphatic heterocycles. The molecule has 0 nitrogen and oxygen atoms in total. The van der Waals surface area contributed by atoms with E-state index in [0.717, 1.165) is 6.42 Å². The molecule has 0 spiro atoms. The molecule has 0 amide bonds. The zero-order chi connectivity index (χ0) is 13.8. The predicted octanol–water partition coefficient (Wildman–Crippen LogP) is 5.60. The second kappa shape index (κ2) is 5.88. The van der Waals surface area contributed by atoms with E-state index in [4.69, 9.17) is 0 Å². The fourth-order valence-corrected chi connectivity index (χ4v) is 6.63. The molecule has 1 heteroatoms. The molecule has 104 valence electrons. The first-order valence-corrected chi connectivity index (χ1v) is 9.43. The largest absolute Gasteiger partial charge is 0.187 e. The van der Waals surface area contributed by atoms with Gasteiger partial charge in [-0.25, -0.2) is 0 Å². The van der Waals surface area contributed by atoms with Crippen LogP contribution in [0.5, 0.6) is 0 Å². The maximum absolute atomic E-state index is 2.50. The van der Waals surface area contributed by atoms with E-state index in [0.29, 0.717) is 5.25 Å². The zero-order valence-electron chi connectivity index (χ0n) is 12.0. The lowest BCUT2D eigenvalue weighted by Gasteiger charge is -2.45. The summed E-state index contributed by atoms with van der Waals surface area (Å²) in [6.07, 6.45) is 22.1. The minimum Gasteiger partial charge on any atom is -0.187 e. The molecule has 2 aliphatic rings. The van der Waals surface area contributed by atoms with Crippen molar-refractivity contribution in [3.05, 3.63) is 77.8 Å². The van der Waals surface area contributed by atoms with Crippen LogP contribution in [-0.4, -0.2) is 11.5 Å². The number of hydrogen-bond acceptors (Lipinski definition) is 0. The molecule has 2 atom stereocenters. The summed E-state index contributed by atoms with van der Waals surface area (Å²) in [6.45, 7) is 0. The summed E-state index contributed by atoms with van der Waals surface area (Å²) < 4.78 is 0. The molecule has 1 aromatic rings. The third-order valence-corrected chi connectivity index (χ3v) is 8.54. The molecule has 0 heterocycles. The maximum Gasteiger partial charge on any atom is 0.0178 e. The summed E-state index contributed by atoms with van der Waals surface area (Å²) in [5, 5.41) is 0.632. The van der Waals surface area contributed by atoms with Gasteiger partial charge in [-0.15, -0.1) is 0 Å². The molecular weight excluding hydrogens is 260 g/mol. The third kappa shape index (κ3) is 2.43. The predicted molar refractivity (Wildman–Crippen MR) is 91.4 cm³/mol. The van der Waals surface area contributed by atoms with E-state index in [1.165, 1.54) is 17.7 Å². The van der Waals surface area contributed by atoms with Crippen LogP contribution in [-0.2, 0) is 0 Å². The number of rotatable bonds is 3. The molecule has 0 fully saturated rings. The molecule has 0 bridgehead atoms. The van der Waals surface area contributed by atoms with E-state index < -0.39 is 10.0 Å². The van der Waals surface area contributed by atoms with Gasteiger partial charge < -0.3 is 0 Å². The Labute approximate surface area is 123 Å². The van der Waals surface area contributed by atoms with Gasteiger partial charge in [0.15, 0.2) is 0 Å². The highest BCUT2D eigenvalue weighted by Gasteiger charge is 2.32. The van der Waals surface area contributed by atoms with Gasteiger partial charge in [0.2, 0.25) is 0 Å². The zero-order valence-corrected chi connectivity index (χ0v) is 12.9. The van der Waals surface area contributed by atoms with Crippen LogP contribution in [0.1, 0.15) is 19.3 Å². The molecule has 0 N–H and O–H groups in total. The highest BCUT2D eigenvalue weighted by atomic mass is 32.3. The van der Waals surface area contributed by atoms with Gasteiger partial charge >= 0.3 is 0 Å². The molecule has 3 rings (SSSR count). The van der Waals surface area contributed by atoms with Crippen LogP contribution >= 0.6 is 10.0 Å². The molecule has 0 radical (unpaired) electrons. The molecule has 20 heavy (non-hydrogen) atoms. The van der Waals surface area contributed by atoms with Gasteiger partial charge in [0.05, 0.1) is 0 Å². The van der Waals surface area contributed by atoms with Crippen LogP contribution in [0, 0.1) is 0 Å². The number of hydrogen-bond donors (Lipinski definition) is 0. The number of allylic oxidation sites excluding steroid dienone is 7. The van der Waals surface area contributed by atoms with Crippen LogP contribution < -0.4 is 0 Å². The van der Waals surface area contributed by atoms with E-state index >= 15 is 0 Å². The Morgan fingerprint density at radius 2 is 1.85 bits per heavy atom. The van der Waals surface area contributed by atoms with Crippen molar-refractivity contribution in [2.75, 3.05) is 6.26 Å². The van der Waals surface area contributed by atoms with Crippen LogP contribution in [0.3, 0.4) is 0 Å². The first-order chi connectivity index (χ1) is 9.82. The Bertz CT molecular complexity index is 577. The Kier molecular flexibility index (Phi) is 3.98. The van der Waals surface area contributed by atoms with Crippen molar-refractivity contribution in [3.63, 3.8) is 0 Å². The third-order valence-electron chi connectivity index (χ3n) is 4.30. The summed E-state index contributed by atoms with van der Waals surface area (Å²) in [5.41, 5.74) is 0. The molecule has 0 aromatic heterocycles. The molecule has 2 aliphatic carbocycles. The normalized spacial score (nSPS) is 25.9. The fraction of sp³-hybridized carbons (Fsp3) is 0.263. The number of benzene rings is 1. The molecule has 1 aromatic carbocycles. The highest BCUT2D eigenvalue weighted by Crippen LogP contribution is 2.65. The van der Waals surface area contributed by atoms with Crippen LogP contribution in [0.4, 0.5) is 0 Å². The maximum atomic E-state index is 2.50. The van der Waals surface area contributed by atoms with Crippen LogP contribution in [0.25, 0.3) is 0 Å². The van der Waals surface area contributed by atoms with Crippen molar-refractivity contribution in [3.8, 4) is 0 Å². The Balaban J connectivity index is 2.07. The van der Waals surface area contributed by atoms with Gasteiger partial charge in [0.25, 0.3) is 0 Å². The van der Waals surface area contributed by atoms with Gasteiger partial charge in [0.1, 0.15) is 0 Å². The molecule has 2 unspecified atom stereocenters. The molecular formula is C19H22S. The average Bonchev–Trinajstić information content (AvgIpc) is 2.56. The lowest BCUT2D eigenvalue weighted by Crippen LogP contribution is -2.19. The van der Waals surface area contributed by atoms with Gasteiger partial charge in [0, 0.05) is 5.25 Å². The lowest BCUT2D eigenvalue weighted by atomic mass is 10.2. The van der Waals surface area contributed by atoms with Gasteiger partial charge in [-0.1, -0.05) is 60.7 Å². The minimum atomic E-state index is -0.949. The van der Waals surface area contributed by atoms with Gasteiger partial charge in [-0.05, 0) is 47.5 Å². The Morgan fingerprint density at radius 3 is 2.50 bits per heavy atom. The van der Waals surface area contributed by atoms with E-state index in [2.05, 4.69) is 79.1 Å². The summed E-state index contributed by atoms with van der Waals surface area (Å²) >= 11 is 0. The van der Waals surface area contributed by atoms with Crippen molar-refractivity contribution in [2.24, 2.45) is 0 Å². The topological polar surface area (TPSA) is 0 Å². The van der Waals surface area contributed by atoms with Crippen LogP contribution in [0.15, 0.2) is 82.7 Å². The lowest BCUT2D eigenvalue weighted by molar-refractivity contribution is 0.988. The van der Waals surface area contributed by atoms with Crippen molar-refractivity contribution in [2.45, 2.75) is 29.4 Å². The quantitative estimate of drug-likeness (QED) is 0.677. The second-order valence-electron chi connectivity index (χ2n) is 5.48. The van der Waals surface area contributed by atoms with Gasteiger partial charge in [-0.2, -0.15) is 10.0 Å². The monoisotopic (exact) mass is 282 g/mol. The smallest absolute Gasteiger partial charge is 0.0178 e. The summed E-state index contributed by atoms with van der Waals surface area (Å²) in [5.74, 6) is 0. The summed E-state index contributed by atoms with van der Waals surface area (Å²) in [4.78, 5) is 3.17. The summed E-state index contributed by atoms with van der Waals surface area (Å²) in [6, 6.07) is 11.1. The Morgan fingerprint density at radius 1 is 1.00 bits per heavy atom. The van der Waals surface area contributed by atoms with E-state index in [1.54, 1.807) is 4.91 Å². The molecule has 0 saturated heterocycles. The molecule has 0 saturated carbocycles. The van der Waals surface area contributed by atoms with E-state index in [-0.39, 0.29) is 0 Å². The van der Waals surface area contributed by atoms with Crippen molar-refractivity contribution >= 4 is 10.0 Å². The highest BCUT2D eigenvalue weighted by molar-refractivity contribution is 8.36. The van der Waals surface area contributed by atoms with Crippen LogP contribution in [0.2, 0.25) is 0 Å². The van der Waals surface area contributed by atoms with Gasteiger partial charge in [-0.3, -0.25) is 0 Å². The first-order valence-electron chi connectivity index (χ1n) is 7.33. The second-order valence-corrected chi connectivity index (χ2v) is 9.05. The SMILES string of the molecule is CS(C1=CC=CCC1)(c1ccccc1)C1C=CC=CC1. The first kappa shape index (κ1) is 13.5.